The van der Waals surface area contributed by atoms with Crippen molar-refractivity contribution >= 4 is 22.4 Å². The molecule has 0 aliphatic carbocycles. The molecule has 3 rings (SSSR count). The van der Waals surface area contributed by atoms with E-state index in [1.807, 2.05) is 55.5 Å². The van der Waals surface area contributed by atoms with Crippen LogP contribution < -0.4 is 14.8 Å². The normalized spacial score (nSPS) is 10.5. The first-order chi connectivity index (χ1) is 13.6. The van der Waals surface area contributed by atoms with Gasteiger partial charge in [-0.3, -0.25) is 0 Å². The summed E-state index contributed by atoms with van der Waals surface area (Å²) in [5, 5.41) is 12.9. The number of anilines is 1. The van der Waals surface area contributed by atoms with E-state index in [0.717, 1.165) is 22.5 Å². The number of benzene rings is 2. The van der Waals surface area contributed by atoms with E-state index in [1.54, 1.807) is 6.92 Å². The van der Waals surface area contributed by atoms with Crippen molar-refractivity contribution in [2.24, 2.45) is 0 Å². The lowest BCUT2D eigenvalue weighted by atomic mass is 10.2. The molecule has 3 aromatic rings. The topological polar surface area (TPSA) is 80.7 Å². The smallest absolute Gasteiger partial charge is 0.347 e. The summed E-state index contributed by atoms with van der Waals surface area (Å²) in [6.07, 6.45) is 0. The fraction of sp³-hybridized carbons (Fsp3) is 0.238. The Bertz CT molecular complexity index is 941. The first-order valence-electron chi connectivity index (χ1n) is 8.94. The summed E-state index contributed by atoms with van der Waals surface area (Å²) in [5.41, 5.74) is 2.59. The van der Waals surface area contributed by atoms with Crippen molar-refractivity contribution in [3.05, 3.63) is 70.2 Å². The van der Waals surface area contributed by atoms with Crippen LogP contribution >= 0.6 is 11.3 Å². The van der Waals surface area contributed by atoms with E-state index in [0.29, 0.717) is 42.1 Å². The SMILES string of the molecule is CCOc1cc(CNc2nc(C)c(C(=O)O)s2)ccc1OCc1ccccc1. The highest BCUT2D eigenvalue weighted by Gasteiger charge is 2.14. The molecule has 0 unspecified atom stereocenters. The van der Waals surface area contributed by atoms with Crippen LogP contribution in [-0.2, 0) is 13.2 Å². The van der Waals surface area contributed by atoms with Crippen molar-refractivity contribution < 1.29 is 19.4 Å². The molecular formula is C21H22N2O4S. The van der Waals surface area contributed by atoms with Crippen molar-refractivity contribution in [1.29, 1.82) is 0 Å². The van der Waals surface area contributed by atoms with Crippen LogP contribution in [-0.4, -0.2) is 22.7 Å². The second-order valence-corrected chi connectivity index (χ2v) is 7.08. The predicted octanol–water partition coefficient (Wildman–Crippen LogP) is 4.74. The third-order valence-electron chi connectivity index (χ3n) is 3.98. The van der Waals surface area contributed by atoms with Crippen LogP contribution in [0.5, 0.6) is 11.5 Å². The summed E-state index contributed by atoms with van der Waals surface area (Å²) in [5.74, 6) is 0.411. The van der Waals surface area contributed by atoms with Gasteiger partial charge in [0.05, 0.1) is 12.3 Å². The van der Waals surface area contributed by atoms with Crippen molar-refractivity contribution in [1.82, 2.24) is 4.98 Å². The maximum absolute atomic E-state index is 11.1. The summed E-state index contributed by atoms with van der Waals surface area (Å²) >= 11 is 1.13. The first kappa shape index (κ1) is 19.7. The number of hydrogen-bond donors (Lipinski definition) is 2. The molecule has 146 valence electrons. The number of carbonyl (C=O) groups is 1. The summed E-state index contributed by atoms with van der Waals surface area (Å²) < 4.78 is 11.6. The number of ether oxygens (including phenoxy) is 2. The molecule has 0 bridgehead atoms. The number of hydrogen-bond acceptors (Lipinski definition) is 6. The highest BCUT2D eigenvalue weighted by atomic mass is 32.1. The molecule has 2 N–H and O–H groups in total. The van der Waals surface area contributed by atoms with Gasteiger partial charge in [-0.1, -0.05) is 47.7 Å². The fourth-order valence-electron chi connectivity index (χ4n) is 2.63. The zero-order chi connectivity index (χ0) is 19.9. The van der Waals surface area contributed by atoms with Gasteiger partial charge in [0.25, 0.3) is 0 Å². The number of carboxylic acids is 1. The third kappa shape index (κ3) is 5.01. The van der Waals surface area contributed by atoms with Crippen LogP contribution in [0.25, 0.3) is 0 Å². The molecule has 0 atom stereocenters. The molecule has 0 fully saturated rings. The standard InChI is InChI=1S/C21H22N2O4S/c1-3-26-18-11-16(12-22-21-23-14(2)19(28-21)20(24)25)9-10-17(18)27-13-15-7-5-4-6-8-15/h4-11H,3,12-13H2,1-2H3,(H,22,23)(H,24,25). The number of thiazole rings is 1. The molecule has 2 aromatic carbocycles. The van der Waals surface area contributed by atoms with Gasteiger partial charge in [-0.2, -0.15) is 0 Å². The molecular weight excluding hydrogens is 376 g/mol. The van der Waals surface area contributed by atoms with Crippen LogP contribution in [0.4, 0.5) is 5.13 Å². The van der Waals surface area contributed by atoms with Gasteiger partial charge in [-0.25, -0.2) is 9.78 Å². The van der Waals surface area contributed by atoms with E-state index in [1.165, 1.54) is 0 Å². The van der Waals surface area contributed by atoms with E-state index >= 15 is 0 Å². The molecule has 28 heavy (non-hydrogen) atoms. The average molecular weight is 398 g/mol. The van der Waals surface area contributed by atoms with E-state index in [2.05, 4.69) is 10.3 Å². The molecule has 0 amide bonds. The number of nitrogens with one attached hydrogen (secondary N) is 1. The zero-order valence-corrected chi connectivity index (χ0v) is 16.6. The summed E-state index contributed by atoms with van der Waals surface area (Å²) in [7, 11) is 0. The van der Waals surface area contributed by atoms with Crippen molar-refractivity contribution in [3.8, 4) is 11.5 Å². The maximum atomic E-state index is 11.1. The van der Waals surface area contributed by atoms with Gasteiger partial charge in [-0.15, -0.1) is 0 Å². The zero-order valence-electron chi connectivity index (χ0n) is 15.8. The average Bonchev–Trinajstić information content (AvgIpc) is 3.07. The largest absolute Gasteiger partial charge is 0.490 e. The van der Waals surface area contributed by atoms with Gasteiger partial charge in [0, 0.05) is 6.54 Å². The Morgan fingerprint density at radius 3 is 2.57 bits per heavy atom. The number of carboxylic acid groups (broad SMARTS) is 1. The maximum Gasteiger partial charge on any atom is 0.347 e. The second-order valence-electron chi connectivity index (χ2n) is 6.08. The minimum absolute atomic E-state index is 0.252. The Balaban J connectivity index is 1.67. The van der Waals surface area contributed by atoms with Gasteiger partial charge >= 0.3 is 5.97 Å². The van der Waals surface area contributed by atoms with Crippen LogP contribution in [0.15, 0.2) is 48.5 Å². The molecule has 1 heterocycles. The lowest BCUT2D eigenvalue weighted by molar-refractivity contribution is 0.0701. The Kier molecular flexibility index (Phi) is 6.49. The monoisotopic (exact) mass is 398 g/mol. The van der Waals surface area contributed by atoms with Gasteiger partial charge in [0.2, 0.25) is 0 Å². The molecule has 0 saturated carbocycles. The molecule has 6 nitrogen and oxygen atoms in total. The molecule has 0 saturated heterocycles. The highest BCUT2D eigenvalue weighted by molar-refractivity contribution is 7.17. The van der Waals surface area contributed by atoms with Gasteiger partial charge < -0.3 is 19.9 Å². The number of nitrogens with zero attached hydrogens (tertiary/aromatic N) is 1. The molecule has 0 aliphatic heterocycles. The van der Waals surface area contributed by atoms with Gasteiger partial charge in [0.1, 0.15) is 11.5 Å². The Morgan fingerprint density at radius 2 is 1.89 bits per heavy atom. The summed E-state index contributed by atoms with van der Waals surface area (Å²) in [6, 6.07) is 15.7. The van der Waals surface area contributed by atoms with Gasteiger partial charge in [-0.05, 0) is 37.1 Å². The lowest BCUT2D eigenvalue weighted by Gasteiger charge is -2.14. The van der Waals surface area contributed by atoms with Crippen LogP contribution in [0.1, 0.15) is 33.4 Å². The van der Waals surface area contributed by atoms with Gasteiger partial charge in [0.15, 0.2) is 16.6 Å². The van der Waals surface area contributed by atoms with Crippen LogP contribution in [0.2, 0.25) is 0 Å². The Morgan fingerprint density at radius 1 is 1.11 bits per heavy atom. The van der Waals surface area contributed by atoms with Crippen LogP contribution in [0, 0.1) is 6.92 Å². The van der Waals surface area contributed by atoms with E-state index in [-0.39, 0.29) is 4.88 Å². The first-order valence-corrected chi connectivity index (χ1v) is 9.75. The number of rotatable bonds is 9. The molecule has 7 heteroatoms. The number of aromatic nitrogens is 1. The second kappa shape index (κ2) is 9.23. The van der Waals surface area contributed by atoms with Crippen molar-refractivity contribution in [2.75, 3.05) is 11.9 Å². The summed E-state index contributed by atoms with van der Waals surface area (Å²) in [6.45, 7) is 5.13. The Hall–Kier alpha value is -3.06. The highest BCUT2D eigenvalue weighted by Crippen LogP contribution is 2.30. The molecule has 0 radical (unpaired) electrons. The van der Waals surface area contributed by atoms with E-state index < -0.39 is 5.97 Å². The predicted molar refractivity (Wildman–Crippen MR) is 110 cm³/mol. The number of aromatic carboxylic acids is 1. The molecule has 1 aromatic heterocycles. The number of aryl methyl sites for hydroxylation is 1. The van der Waals surface area contributed by atoms with Crippen molar-refractivity contribution in [2.45, 2.75) is 27.0 Å². The quantitative estimate of drug-likeness (QED) is 0.542. The van der Waals surface area contributed by atoms with E-state index in [4.69, 9.17) is 14.6 Å². The van der Waals surface area contributed by atoms with Crippen molar-refractivity contribution in [3.63, 3.8) is 0 Å². The third-order valence-corrected chi connectivity index (χ3v) is 5.08. The molecule has 0 spiro atoms. The fourth-order valence-corrected chi connectivity index (χ4v) is 3.43. The minimum Gasteiger partial charge on any atom is -0.490 e. The van der Waals surface area contributed by atoms with E-state index in [9.17, 15) is 4.79 Å². The lowest BCUT2D eigenvalue weighted by Crippen LogP contribution is -2.03. The minimum atomic E-state index is -0.957. The Labute approximate surface area is 167 Å². The van der Waals surface area contributed by atoms with Crippen LogP contribution in [0.3, 0.4) is 0 Å². The summed E-state index contributed by atoms with van der Waals surface area (Å²) in [4.78, 5) is 15.6. The molecule has 0 aliphatic rings.